The summed E-state index contributed by atoms with van der Waals surface area (Å²) in [6, 6.07) is 2.85. The Labute approximate surface area is 102 Å². The van der Waals surface area contributed by atoms with Gasteiger partial charge in [-0.05, 0) is 18.4 Å². The summed E-state index contributed by atoms with van der Waals surface area (Å²) in [6.07, 6.45) is 1.81. The first-order chi connectivity index (χ1) is 7.04. The van der Waals surface area contributed by atoms with Crippen LogP contribution in [0.3, 0.4) is 0 Å². The van der Waals surface area contributed by atoms with Gasteiger partial charge >= 0.3 is 0 Å². The number of rotatable bonds is 3. The maximum Gasteiger partial charge on any atom is 0.234 e. The molecule has 1 aromatic rings. The second-order valence-electron chi connectivity index (χ2n) is 2.76. The highest BCUT2D eigenvalue weighted by molar-refractivity contribution is 7.99. The molecule has 82 valence electrons. The van der Waals surface area contributed by atoms with E-state index in [0.717, 1.165) is 0 Å². The van der Waals surface area contributed by atoms with Crippen molar-refractivity contribution in [2.75, 3.05) is 17.3 Å². The summed E-state index contributed by atoms with van der Waals surface area (Å²) in [5.41, 5.74) is 0.228. The molecule has 0 saturated heterocycles. The molecule has 0 unspecified atom stereocenters. The monoisotopic (exact) mass is 265 g/mol. The topological polar surface area (TPSA) is 49.3 Å². The van der Waals surface area contributed by atoms with Crippen molar-refractivity contribution in [2.24, 2.45) is 0 Å². The SMILES string of the molecule is CSCC(=O)Nc1cc(Cl)cc(Cl)c1O. The maximum atomic E-state index is 11.3. The molecule has 0 radical (unpaired) electrons. The molecule has 1 aromatic carbocycles. The van der Waals surface area contributed by atoms with Crippen molar-refractivity contribution in [3.8, 4) is 5.75 Å². The van der Waals surface area contributed by atoms with E-state index < -0.39 is 0 Å². The molecule has 0 aliphatic rings. The molecule has 0 spiro atoms. The lowest BCUT2D eigenvalue weighted by atomic mass is 10.3. The van der Waals surface area contributed by atoms with Gasteiger partial charge in [0.2, 0.25) is 5.91 Å². The summed E-state index contributed by atoms with van der Waals surface area (Å²) in [5, 5.41) is 12.5. The molecule has 0 bridgehead atoms. The average Bonchev–Trinajstić information content (AvgIpc) is 2.13. The Kier molecular flexibility index (Phi) is 4.57. The standard InChI is InChI=1S/C9H9Cl2NO2S/c1-15-4-8(13)12-7-3-5(10)2-6(11)9(7)14/h2-3,14H,4H2,1H3,(H,12,13). The quantitative estimate of drug-likeness (QED) is 0.827. The highest BCUT2D eigenvalue weighted by atomic mass is 35.5. The number of nitrogens with one attached hydrogen (secondary N) is 1. The average molecular weight is 266 g/mol. The minimum Gasteiger partial charge on any atom is -0.504 e. The van der Waals surface area contributed by atoms with E-state index in [1.165, 1.54) is 23.9 Å². The molecule has 0 aliphatic heterocycles. The van der Waals surface area contributed by atoms with Gasteiger partial charge in [-0.25, -0.2) is 0 Å². The predicted molar refractivity (Wildman–Crippen MR) is 65.1 cm³/mol. The number of aromatic hydroxyl groups is 1. The Morgan fingerprint density at radius 2 is 2.20 bits per heavy atom. The van der Waals surface area contributed by atoms with Gasteiger partial charge in [-0.1, -0.05) is 23.2 Å². The molecule has 6 heteroatoms. The number of phenols is 1. The van der Waals surface area contributed by atoms with Crippen molar-refractivity contribution in [1.29, 1.82) is 0 Å². The normalized spacial score (nSPS) is 10.1. The minimum atomic E-state index is -0.212. The molecule has 0 saturated carbocycles. The number of carbonyl (C=O) groups is 1. The van der Waals surface area contributed by atoms with Crippen molar-refractivity contribution in [3.63, 3.8) is 0 Å². The first-order valence-corrected chi connectivity index (χ1v) is 6.16. The maximum absolute atomic E-state index is 11.3. The van der Waals surface area contributed by atoms with Crippen molar-refractivity contribution in [1.82, 2.24) is 0 Å². The van der Waals surface area contributed by atoms with Crippen LogP contribution in [0.5, 0.6) is 5.75 Å². The summed E-state index contributed by atoms with van der Waals surface area (Å²) in [4.78, 5) is 11.3. The van der Waals surface area contributed by atoms with Gasteiger partial charge in [-0.3, -0.25) is 4.79 Å². The second-order valence-corrected chi connectivity index (χ2v) is 4.47. The zero-order chi connectivity index (χ0) is 11.4. The molecule has 0 fully saturated rings. The third-order valence-electron chi connectivity index (χ3n) is 1.58. The van der Waals surface area contributed by atoms with Gasteiger partial charge < -0.3 is 10.4 Å². The van der Waals surface area contributed by atoms with E-state index in [9.17, 15) is 9.90 Å². The number of thioether (sulfide) groups is 1. The lowest BCUT2D eigenvalue weighted by Crippen LogP contribution is -2.13. The Balaban J connectivity index is 2.89. The number of amides is 1. The van der Waals surface area contributed by atoms with E-state index in [4.69, 9.17) is 23.2 Å². The fraction of sp³-hybridized carbons (Fsp3) is 0.222. The minimum absolute atomic E-state index is 0.113. The smallest absolute Gasteiger partial charge is 0.234 e. The van der Waals surface area contributed by atoms with Gasteiger partial charge in [0.25, 0.3) is 0 Å². The summed E-state index contributed by atoms with van der Waals surface area (Å²) in [7, 11) is 0. The Morgan fingerprint density at radius 1 is 1.53 bits per heavy atom. The molecule has 3 nitrogen and oxygen atoms in total. The van der Waals surface area contributed by atoms with Crippen LogP contribution >= 0.6 is 35.0 Å². The van der Waals surface area contributed by atoms with E-state index in [1.807, 2.05) is 6.26 Å². The molecular formula is C9H9Cl2NO2S. The Bertz CT molecular complexity index is 385. The third-order valence-corrected chi connectivity index (χ3v) is 2.63. The number of phenolic OH excluding ortho intramolecular Hbond substituents is 1. The molecule has 0 atom stereocenters. The number of hydrogen-bond acceptors (Lipinski definition) is 3. The molecule has 0 heterocycles. The van der Waals surface area contributed by atoms with E-state index in [-0.39, 0.29) is 22.4 Å². The highest BCUT2D eigenvalue weighted by Crippen LogP contribution is 2.34. The van der Waals surface area contributed by atoms with Gasteiger partial charge in [0.15, 0.2) is 5.75 Å². The zero-order valence-electron chi connectivity index (χ0n) is 7.88. The molecule has 1 amide bonds. The van der Waals surface area contributed by atoms with Crippen LogP contribution in [-0.4, -0.2) is 23.0 Å². The largest absolute Gasteiger partial charge is 0.504 e. The van der Waals surface area contributed by atoms with Crippen LogP contribution in [0, 0.1) is 0 Å². The number of anilines is 1. The molecule has 1 rings (SSSR count). The first-order valence-electron chi connectivity index (χ1n) is 4.01. The fourth-order valence-corrected chi connectivity index (χ4v) is 1.81. The van der Waals surface area contributed by atoms with Crippen LogP contribution in [0.2, 0.25) is 10.0 Å². The molecular weight excluding hydrogens is 257 g/mol. The van der Waals surface area contributed by atoms with Crippen molar-refractivity contribution < 1.29 is 9.90 Å². The number of carbonyl (C=O) groups excluding carboxylic acids is 1. The Hall–Kier alpha value is -0.580. The molecule has 2 N–H and O–H groups in total. The van der Waals surface area contributed by atoms with Gasteiger partial charge in [-0.2, -0.15) is 11.8 Å². The van der Waals surface area contributed by atoms with E-state index in [2.05, 4.69) is 5.32 Å². The molecule has 15 heavy (non-hydrogen) atoms. The van der Waals surface area contributed by atoms with Crippen LogP contribution in [0.4, 0.5) is 5.69 Å². The lowest BCUT2D eigenvalue weighted by Gasteiger charge is -2.08. The van der Waals surface area contributed by atoms with Crippen LogP contribution in [0.1, 0.15) is 0 Å². The van der Waals surface area contributed by atoms with E-state index >= 15 is 0 Å². The highest BCUT2D eigenvalue weighted by Gasteiger charge is 2.10. The number of halogens is 2. The first kappa shape index (κ1) is 12.5. The van der Waals surface area contributed by atoms with E-state index in [0.29, 0.717) is 10.8 Å². The Morgan fingerprint density at radius 3 is 2.80 bits per heavy atom. The molecule has 0 aromatic heterocycles. The van der Waals surface area contributed by atoms with Crippen LogP contribution in [0.25, 0.3) is 0 Å². The van der Waals surface area contributed by atoms with Gasteiger partial charge in [0.05, 0.1) is 16.5 Å². The number of benzene rings is 1. The molecule has 0 aliphatic carbocycles. The van der Waals surface area contributed by atoms with Crippen LogP contribution < -0.4 is 5.32 Å². The lowest BCUT2D eigenvalue weighted by molar-refractivity contribution is -0.113. The van der Waals surface area contributed by atoms with Gasteiger partial charge in [0.1, 0.15) is 0 Å². The van der Waals surface area contributed by atoms with Gasteiger partial charge in [0, 0.05) is 5.02 Å². The van der Waals surface area contributed by atoms with Crippen LogP contribution in [-0.2, 0) is 4.79 Å². The summed E-state index contributed by atoms with van der Waals surface area (Å²) >= 11 is 12.8. The summed E-state index contributed by atoms with van der Waals surface area (Å²) in [5.74, 6) is -0.0736. The fourth-order valence-electron chi connectivity index (χ4n) is 0.979. The van der Waals surface area contributed by atoms with Gasteiger partial charge in [-0.15, -0.1) is 0 Å². The number of hydrogen-bond donors (Lipinski definition) is 2. The van der Waals surface area contributed by atoms with Crippen molar-refractivity contribution in [3.05, 3.63) is 22.2 Å². The van der Waals surface area contributed by atoms with Crippen molar-refractivity contribution >= 4 is 46.6 Å². The van der Waals surface area contributed by atoms with E-state index in [1.54, 1.807) is 0 Å². The zero-order valence-corrected chi connectivity index (χ0v) is 10.2. The summed E-state index contributed by atoms with van der Waals surface area (Å²) < 4.78 is 0. The second kappa shape index (κ2) is 5.49. The van der Waals surface area contributed by atoms with Crippen LogP contribution in [0.15, 0.2) is 12.1 Å². The predicted octanol–water partition coefficient (Wildman–Crippen LogP) is 3.00. The van der Waals surface area contributed by atoms with Crippen molar-refractivity contribution in [2.45, 2.75) is 0 Å². The summed E-state index contributed by atoms with van der Waals surface area (Å²) in [6.45, 7) is 0. The third kappa shape index (κ3) is 3.48.